The second-order valence-corrected chi connectivity index (χ2v) is 4.43. The molecule has 1 aromatic heterocycles. The van der Waals surface area contributed by atoms with Crippen molar-refractivity contribution in [3.63, 3.8) is 0 Å². The predicted octanol–water partition coefficient (Wildman–Crippen LogP) is 0.658. The zero-order valence-corrected chi connectivity index (χ0v) is 10.8. The van der Waals surface area contributed by atoms with Crippen molar-refractivity contribution in [2.75, 3.05) is 13.2 Å². The smallest absolute Gasteiger partial charge is 0.294 e. The normalized spacial score (nSPS) is 9.74. The van der Waals surface area contributed by atoms with Crippen molar-refractivity contribution < 1.29 is 19.5 Å². The van der Waals surface area contributed by atoms with Gasteiger partial charge in [-0.25, -0.2) is 4.98 Å². The van der Waals surface area contributed by atoms with E-state index >= 15 is 0 Å². The highest BCUT2D eigenvalue weighted by molar-refractivity contribution is 8.13. The van der Waals surface area contributed by atoms with Crippen molar-refractivity contribution in [2.45, 2.75) is 11.9 Å². The van der Waals surface area contributed by atoms with Crippen LogP contribution in [0.1, 0.15) is 17.3 Å². The summed E-state index contributed by atoms with van der Waals surface area (Å²) < 4.78 is 0. The van der Waals surface area contributed by atoms with Gasteiger partial charge in [0, 0.05) is 19.7 Å². The highest BCUT2D eigenvalue weighted by Crippen LogP contribution is 2.20. The molecule has 0 aromatic carbocycles. The number of nitrogens with zero attached hydrogens (tertiary/aromatic N) is 2. The number of hydrogen-bond acceptors (Lipinski definition) is 7. The maximum absolute atomic E-state index is 11.8. The van der Waals surface area contributed by atoms with Gasteiger partial charge >= 0.3 is 0 Å². The molecule has 1 aromatic rings. The molecule has 0 atom stereocenters. The largest absolute Gasteiger partial charge is 0.350 e. The molecule has 0 aliphatic heterocycles. The molecular formula is C10H11N3O5S. The first kappa shape index (κ1) is 14.9. The lowest BCUT2D eigenvalue weighted by molar-refractivity contribution is -0.757. The third-order valence-corrected chi connectivity index (χ3v) is 2.65. The minimum absolute atomic E-state index is 0.0150. The number of carbonyl (C=O) groups is 2. The van der Waals surface area contributed by atoms with Gasteiger partial charge in [-0.1, -0.05) is 0 Å². The molecule has 9 heteroatoms. The van der Waals surface area contributed by atoms with Crippen molar-refractivity contribution >= 4 is 22.8 Å². The number of carbonyl (C=O) groups excluding carboxylic acids is 2. The molecule has 1 N–H and O–H groups in total. The average molecular weight is 285 g/mol. The number of pyridine rings is 1. The van der Waals surface area contributed by atoms with E-state index in [4.69, 9.17) is 0 Å². The van der Waals surface area contributed by atoms with Crippen LogP contribution in [0.2, 0.25) is 0 Å². The average Bonchev–Trinajstić information content (AvgIpc) is 2.34. The molecule has 0 saturated heterocycles. The Morgan fingerprint density at radius 1 is 1.58 bits per heavy atom. The van der Waals surface area contributed by atoms with Crippen LogP contribution in [-0.4, -0.2) is 34.2 Å². The van der Waals surface area contributed by atoms with Crippen LogP contribution in [0.4, 0.5) is 0 Å². The van der Waals surface area contributed by atoms with E-state index in [1.807, 2.05) is 0 Å². The summed E-state index contributed by atoms with van der Waals surface area (Å²) in [6, 6.07) is 3.08. The Kier molecular flexibility index (Phi) is 5.73. The van der Waals surface area contributed by atoms with E-state index in [1.54, 1.807) is 6.07 Å². The van der Waals surface area contributed by atoms with Gasteiger partial charge in [0.05, 0.1) is 5.56 Å². The molecule has 0 aliphatic carbocycles. The first-order valence-electron chi connectivity index (χ1n) is 5.19. The van der Waals surface area contributed by atoms with E-state index in [0.29, 0.717) is 5.03 Å². The number of thioether (sulfide) groups is 1. The molecule has 1 heterocycles. The lowest BCUT2D eigenvalue weighted by Gasteiger charge is -2.07. The summed E-state index contributed by atoms with van der Waals surface area (Å²) in [6.45, 7) is 1.11. The van der Waals surface area contributed by atoms with Crippen LogP contribution in [0, 0.1) is 10.1 Å². The topological polar surface area (TPSA) is 111 Å². The van der Waals surface area contributed by atoms with Crippen LogP contribution in [0.25, 0.3) is 0 Å². The fourth-order valence-electron chi connectivity index (χ4n) is 1.16. The van der Waals surface area contributed by atoms with Crippen LogP contribution in [0.15, 0.2) is 23.4 Å². The lowest BCUT2D eigenvalue weighted by atomic mass is 10.3. The summed E-state index contributed by atoms with van der Waals surface area (Å²) in [5, 5.41) is 11.5. The molecule has 8 nitrogen and oxygen atoms in total. The lowest BCUT2D eigenvalue weighted by Crippen LogP contribution is -2.28. The van der Waals surface area contributed by atoms with Gasteiger partial charge in [-0.3, -0.25) is 9.59 Å². The second-order valence-electron chi connectivity index (χ2n) is 3.26. The molecule has 102 valence electrons. The molecule has 0 aliphatic rings. The van der Waals surface area contributed by atoms with E-state index in [9.17, 15) is 19.7 Å². The second kappa shape index (κ2) is 7.31. The van der Waals surface area contributed by atoms with Crippen LogP contribution in [0.5, 0.6) is 0 Å². The van der Waals surface area contributed by atoms with Crippen molar-refractivity contribution in [2.24, 2.45) is 0 Å². The summed E-state index contributed by atoms with van der Waals surface area (Å²) in [7, 11) is 0. The summed E-state index contributed by atoms with van der Waals surface area (Å²) in [6.07, 6.45) is 1.47. The molecule has 0 unspecified atom stereocenters. The highest BCUT2D eigenvalue weighted by atomic mass is 32.2. The molecule has 1 rings (SSSR count). The van der Waals surface area contributed by atoms with Gasteiger partial charge < -0.3 is 10.2 Å². The number of amides is 1. The number of aromatic nitrogens is 1. The molecular weight excluding hydrogens is 274 g/mol. The molecule has 0 spiro atoms. The van der Waals surface area contributed by atoms with E-state index in [0.717, 1.165) is 11.8 Å². The van der Waals surface area contributed by atoms with Crippen LogP contribution in [-0.2, 0) is 9.63 Å². The van der Waals surface area contributed by atoms with Crippen molar-refractivity contribution in [3.8, 4) is 0 Å². The van der Waals surface area contributed by atoms with E-state index in [-0.39, 0.29) is 23.8 Å². The first-order chi connectivity index (χ1) is 9.00. The molecule has 19 heavy (non-hydrogen) atoms. The molecule has 0 radical (unpaired) electrons. The van der Waals surface area contributed by atoms with Crippen LogP contribution >= 0.6 is 11.8 Å². The molecule has 0 bridgehead atoms. The van der Waals surface area contributed by atoms with E-state index in [1.165, 1.54) is 19.2 Å². The fraction of sp³-hybridized carbons (Fsp3) is 0.300. The minimum Gasteiger partial charge on any atom is -0.350 e. The summed E-state index contributed by atoms with van der Waals surface area (Å²) in [5.41, 5.74) is 0.240. The minimum atomic E-state index is -0.937. The van der Waals surface area contributed by atoms with Gasteiger partial charge in [-0.15, -0.1) is 10.1 Å². The fourth-order valence-corrected chi connectivity index (χ4v) is 1.82. The van der Waals surface area contributed by atoms with E-state index in [2.05, 4.69) is 15.1 Å². The monoisotopic (exact) mass is 285 g/mol. The van der Waals surface area contributed by atoms with Crippen molar-refractivity contribution in [1.29, 1.82) is 0 Å². The number of nitrogens with one attached hydrogen (secondary N) is 1. The van der Waals surface area contributed by atoms with Gasteiger partial charge in [-0.05, 0) is 23.9 Å². The Hall–Kier alpha value is -2.16. The number of hydrogen-bond donors (Lipinski definition) is 1. The molecule has 1 amide bonds. The Morgan fingerprint density at radius 3 is 2.95 bits per heavy atom. The van der Waals surface area contributed by atoms with Gasteiger partial charge in [0.1, 0.15) is 11.6 Å². The number of rotatable bonds is 6. The Balaban J connectivity index is 2.61. The predicted molar refractivity (Wildman–Crippen MR) is 66.1 cm³/mol. The SMILES string of the molecule is CC(=O)Sc1ncccc1C(=O)NCCO[N+](=O)[O-]. The van der Waals surface area contributed by atoms with Gasteiger partial charge in [0.15, 0.2) is 5.12 Å². The van der Waals surface area contributed by atoms with Gasteiger partial charge in [0.2, 0.25) is 0 Å². The highest BCUT2D eigenvalue weighted by Gasteiger charge is 2.13. The third-order valence-electron chi connectivity index (χ3n) is 1.84. The maximum Gasteiger partial charge on any atom is 0.294 e. The summed E-state index contributed by atoms with van der Waals surface area (Å²) >= 11 is 0.847. The third kappa shape index (κ3) is 5.34. The van der Waals surface area contributed by atoms with Crippen molar-refractivity contribution in [1.82, 2.24) is 10.3 Å². The van der Waals surface area contributed by atoms with Crippen LogP contribution in [0.3, 0.4) is 0 Å². The molecule has 0 fully saturated rings. The zero-order chi connectivity index (χ0) is 14.3. The summed E-state index contributed by atoms with van der Waals surface area (Å²) in [4.78, 5) is 40.7. The van der Waals surface area contributed by atoms with Crippen LogP contribution < -0.4 is 5.32 Å². The Bertz CT molecular complexity index is 494. The standard InChI is InChI=1S/C10H11N3O5S/c1-7(14)19-10-8(3-2-4-12-10)9(15)11-5-6-18-13(16)17/h2-4H,5-6H2,1H3,(H,11,15). The van der Waals surface area contributed by atoms with E-state index < -0.39 is 11.0 Å². The van der Waals surface area contributed by atoms with Gasteiger partial charge in [-0.2, -0.15) is 0 Å². The zero-order valence-electron chi connectivity index (χ0n) is 9.99. The maximum atomic E-state index is 11.8. The van der Waals surface area contributed by atoms with Gasteiger partial charge in [0.25, 0.3) is 11.0 Å². The molecule has 0 saturated carbocycles. The first-order valence-corrected chi connectivity index (χ1v) is 6.01. The van der Waals surface area contributed by atoms with Crippen molar-refractivity contribution in [3.05, 3.63) is 34.0 Å². The summed E-state index contributed by atoms with van der Waals surface area (Å²) in [5.74, 6) is -0.469. The quantitative estimate of drug-likeness (QED) is 0.353. The Morgan fingerprint density at radius 2 is 2.32 bits per heavy atom. The Labute approximate surface area is 112 Å².